The van der Waals surface area contributed by atoms with E-state index in [1.807, 2.05) is 49.1 Å². The molecule has 40 heavy (non-hydrogen) atoms. The predicted octanol–water partition coefficient (Wildman–Crippen LogP) is 1.77. The molecule has 0 spiro atoms. The number of carbonyl (C=O) groups excluding carboxylic acids is 1. The molecule has 2 aromatic rings. The van der Waals surface area contributed by atoms with Crippen molar-refractivity contribution in [2.24, 2.45) is 5.92 Å². The molecule has 0 saturated carbocycles. The van der Waals surface area contributed by atoms with Crippen molar-refractivity contribution in [3.8, 4) is 0 Å². The molecule has 4 rings (SSSR count). The number of carbonyl (C=O) groups is 2. The Morgan fingerprint density at radius 3 is 2.48 bits per heavy atom. The van der Waals surface area contributed by atoms with Crippen LogP contribution < -0.4 is 16.0 Å². The molecular weight excluding hydrogens is 534 g/mol. The highest BCUT2D eigenvalue weighted by molar-refractivity contribution is 7.89. The number of nitrogens with zero attached hydrogens (tertiary/aromatic N) is 2. The van der Waals surface area contributed by atoms with Gasteiger partial charge in [0.25, 0.3) is 5.91 Å². The number of aliphatic hydroxyl groups is 1. The number of amides is 2. The monoisotopic (exact) mass is 571 g/mol. The molecule has 2 atom stereocenters. The summed E-state index contributed by atoms with van der Waals surface area (Å²) >= 11 is 0. The van der Waals surface area contributed by atoms with Crippen molar-refractivity contribution in [3.63, 3.8) is 0 Å². The molecule has 2 aliphatic heterocycles. The number of rotatable bonds is 11. The summed E-state index contributed by atoms with van der Waals surface area (Å²) in [5.74, 6) is -0.358. The van der Waals surface area contributed by atoms with E-state index in [-0.39, 0.29) is 36.2 Å². The van der Waals surface area contributed by atoms with Gasteiger partial charge in [-0.05, 0) is 36.1 Å². The normalized spacial score (nSPS) is 18.1. The van der Waals surface area contributed by atoms with E-state index in [9.17, 15) is 28.2 Å². The van der Waals surface area contributed by atoms with Gasteiger partial charge in [0, 0.05) is 56.7 Å². The Bertz CT molecular complexity index is 1340. The van der Waals surface area contributed by atoms with Gasteiger partial charge < -0.3 is 31.1 Å². The first-order chi connectivity index (χ1) is 19.0. The van der Waals surface area contributed by atoms with Gasteiger partial charge in [-0.2, -0.15) is 4.31 Å². The van der Waals surface area contributed by atoms with E-state index < -0.39 is 28.3 Å². The average Bonchev–Trinajstić information content (AvgIpc) is 3.22. The van der Waals surface area contributed by atoms with E-state index in [4.69, 9.17) is 0 Å². The molecule has 5 N–H and O–H groups in total. The fourth-order valence-corrected chi connectivity index (χ4v) is 6.57. The summed E-state index contributed by atoms with van der Waals surface area (Å²) in [6.07, 6.45) is -0.653. The molecule has 216 valence electrons. The maximum Gasteiger partial charge on any atom is 0.404 e. The highest BCUT2D eigenvalue weighted by atomic mass is 32.2. The average molecular weight is 572 g/mol. The molecule has 2 amide bonds. The largest absolute Gasteiger partial charge is 0.465 e. The molecule has 11 nitrogen and oxygen atoms in total. The van der Waals surface area contributed by atoms with Gasteiger partial charge in [-0.15, -0.1) is 0 Å². The molecule has 0 bridgehead atoms. The van der Waals surface area contributed by atoms with Crippen molar-refractivity contribution >= 4 is 33.3 Å². The van der Waals surface area contributed by atoms with Gasteiger partial charge in [-0.1, -0.05) is 44.2 Å². The lowest BCUT2D eigenvalue weighted by atomic mass is 10.0. The highest BCUT2D eigenvalue weighted by Crippen LogP contribution is 2.35. The zero-order valence-corrected chi connectivity index (χ0v) is 23.5. The SMILES string of the molecule is CC(C)CN(CC(O)C(Cc1ccccc1)NC(=O)O)S(=O)(=O)c1ccc2c(c1)C(=CN1CCNCC1)C(=O)N2. The third-order valence-electron chi connectivity index (χ3n) is 6.91. The van der Waals surface area contributed by atoms with Crippen molar-refractivity contribution < 1.29 is 28.2 Å². The predicted molar refractivity (Wildman–Crippen MR) is 152 cm³/mol. The quantitative estimate of drug-likeness (QED) is 0.256. The number of hydrogen-bond acceptors (Lipinski definition) is 7. The number of aliphatic hydroxyl groups excluding tert-OH is 1. The van der Waals surface area contributed by atoms with Crippen molar-refractivity contribution in [1.82, 2.24) is 19.8 Å². The van der Waals surface area contributed by atoms with Gasteiger partial charge in [-0.25, -0.2) is 13.2 Å². The molecule has 2 aliphatic rings. The molecule has 2 aromatic carbocycles. The minimum Gasteiger partial charge on any atom is -0.465 e. The van der Waals surface area contributed by atoms with Crippen LogP contribution >= 0.6 is 0 Å². The molecule has 12 heteroatoms. The van der Waals surface area contributed by atoms with Crippen molar-refractivity contribution in [3.05, 3.63) is 65.9 Å². The van der Waals surface area contributed by atoms with Crippen LogP contribution in [0.15, 0.2) is 59.6 Å². The van der Waals surface area contributed by atoms with Crippen LogP contribution in [-0.2, 0) is 21.2 Å². The van der Waals surface area contributed by atoms with Crippen LogP contribution in [0.3, 0.4) is 0 Å². The van der Waals surface area contributed by atoms with Gasteiger partial charge in [0.1, 0.15) is 0 Å². The number of hydrogen-bond donors (Lipinski definition) is 5. The zero-order chi connectivity index (χ0) is 28.9. The van der Waals surface area contributed by atoms with E-state index in [2.05, 4.69) is 16.0 Å². The summed E-state index contributed by atoms with van der Waals surface area (Å²) in [4.78, 5) is 26.3. The van der Waals surface area contributed by atoms with Crippen LogP contribution in [0.4, 0.5) is 10.5 Å². The minimum absolute atomic E-state index is 0.00684. The lowest BCUT2D eigenvalue weighted by Gasteiger charge is -2.30. The number of fused-ring (bicyclic) bond motifs is 1. The molecular formula is C28H37N5O6S. The summed E-state index contributed by atoms with van der Waals surface area (Å²) in [5.41, 5.74) is 2.25. The second-order valence-electron chi connectivity index (χ2n) is 10.5. The van der Waals surface area contributed by atoms with Crippen molar-refractivity contribution in [2.45, 2.75) is 37.3 Å². The Morgan fingerprint density at radius 2 is 1.82 bits per heavy atom. The maximum atomic E-state index is 13.9. The molecule has 0 radical (unpaired) electrons. The van der Waals surface area contributed by atoms with Gasteiger partial charge in [0.15, 0.2) is 0 Å². The van der Waals surface area contributed by atoms with Crippen molar-refractivity contribution in [1.29, 1.82) is 0 Å². The number of nitrogens with one attached hydrogen (secondary N) is 3. The number of piperazine rings is 1. The van der Waals surface area contributed by atoms with E-state index in [0.717, 1.165) is 31.7 Å². The van der Waals surface area contributed by atoms with E-state index in [0.29, 0.717) is 16.8 Å². The van der Waals surface area contributed by atoms with Gasteiger partial charge in [-0.3, -0.25) is 4.79 Å². The van der Waals surface area contributed by atoms with E-state index in [1.165, 1.54) is 16.4 Å². The Kier molecular flexibility index (Phi) is 9.46. The maximum absolute atomic E-state index is 13.9. The smallest absolute Gasteiger partial charge is 0.404 e. The lowest BCUT2D eigenvalue weighted by Crippen LogP contribution is -2.50. The molecule has 2 unspecified atom stereocenters. The summed E-state index contributed by atoms with van der Waals surface area (Å²) in [6.45, 7) is 6.59. The van der Waals surface area contributed by atoms with Gasteiger partial charge >= 0.3 is 6.09 Å². The molecule has 2 heterocycles. The third-order valence-corrected chi connectivity index (χ3v) is 8.73. The van der Waals surface area contributed by atoms with Crippen LogP contribution in [0.25, 0.3) is 5.57 Å². The number of sulfonamides is 1. The number of benzene rings is 2. The molecule has 1 saturated heterocycles. The zero-order valence-electron chi connectivity index (χ0n) is 22.7. The van der Waals surface area contributed by atoms with Gasteiger partial charge in [0.05, 0.1) is 22.6 Å². The van der Waals surface area contributed by atoms with Crippen LogP contribution in [0.1, 0.15) is 25.0 Å². The fourth-order valence-electron chi connectivity index (χ4n) is 4.92. The Hall–Kier alpha value is -3.45. The summed E-state index contributed by atoms with van der Waals surface area (Å²) in [7, 11) is -4.11. The van der Waals surface area contributed by atoms with Crippen LogP contribution in [-0.4, -0.2) is 91.3 Å². The first-order valence-electron chi connectivity index (χ1n) is 13.4. The standard InChI is InChI=1S/C28H37N5O6S/c1-19(2)16-33(18-26(34)25(31-28(36)37)14-20-6-4-3-5-7-20)40(38,39)21-8-9-24-22(15-21)23(27(35)30-24)17-32-12-10-29-11-13-32/h3-9,15,17,19,25-26,29,31,34H,10-14,16,18H2,1-2H3,(H,30,35)(H,36,37). The minimum atomic E-state index is -4.11. The fraction of sp³-hybridized carbons (Fsp3) is 0.429. The second kappa shape index (κ2) is 12.8. The molecule has 0 aliphatic carbocycles. The molecule has 0 aromatic heterocycles. The summed E-state index contributed by atoms with van der Waals surface area (Å²) in [5, 5.41) is 28.9. The van der Waals surface area contributed by atoms with Crippen LogP contribution in [0, 0.1) is 5.92 Å². The Morgan fingerprint density at radius 1 is 1.12 bits per heavy atom. The Labute approximate surface area is 234 Å². The second-order valence-corrected chi connectivity index (χ2v) is 12.5. The number of anilines is 1. The van der Waals surface area contributed by atoms with E-state index >= 15 is 0 Å². The lowest BCUT2D eigenvalue weighted by molar-refractivity contribution is -0.110. The first-order valence-corrected chi connectivity index (χ1v) is 14.8. The van der Waals surface area contributed by atoms with Crippen LogP contribution in [0.2, 0.25) is 0 Å². The summed E-state index contributed by atoms with van der Waals surface area (Å²) < 4.78 is 29.0. The van der Waals surface area contributed by atoms with Gasteiger partial charge in [0.2, 0.25) is 10.0 Å². The Balaban J connectivity index is 1.61. The van der Waals surface area contributed by atoms with Crippen molar-refractivity contribution in [2.75, 3.05) is 44.6 Å². The topological polar surface area (TPSA) is 151 Å². The number of carboxylic acid groups (broad SMARTS) is 1. The highest BCUT2D eigenvalue weighted by Gasteiger charge is 2.33. The third kappa shape index (κ3) is 7.19. The van der Waals surface area contributed by atoms with E-state index in [1.54, 1.807) is 12.3 Å². The molecule has 1 fully saturated rings. The summed E-state index contributed by atoms with van der Waals surface area (Å²) in [6, 6.07) is 12.7. The first kappa shape index (κ1) is 29.5. The van der Waals surface area contributed by atoms with Crippen LogP contribution in [0.5, 0.6) is 0 Å².